The highest BCUT2D eigenvalue weighted by Crippen LogP contribution is 2.28. The first-order valence-electron chi connectivity index (χ1n) is 9.01. The van der Waals surface area contributed by atoms with Crippen molar-refractivity contribution in [1.82, 2.24) is 23.9 Å². The molecule has 0 bridgehead atoms. The molecule has 1 unspecified atom stereocenters. The number of aromatic nitrogens is 5. The predicted octanol–water partition coefficient (Wildman–Crippen LogP) is 4.33. The lowest BCUT2D eigenvalue weighted by molar-refractivity contribution is 0.774. The van der Waals surface area contributed by atoms with Crippen LogP contribution in [0.15, 0.2) is 53.0 Å². The van der Waals surface area contributed by atoms with Crippen LogP contribution in [0.5, 0.6) is 0 Å². The fourth-order valence-electron chi connectivity index (χ4n) is 3.41. The molecular formula is C20H16N6OS2. The summed E-state index contributed by atoms with van der Waals surface area (Å²) >= 11 is 2.81. The number of benzene rings is 1. The molecule has 0 aliphatic carbocycles. The van der Waals surface area contributed by atoms with Crippen LogP contribution < -0.4 is 10.9 Å². The maximum atomic E-state index is 13.4. The van der Waals surface area contributed by atoms with Crippen molar-refractivity contribution < 1.29 is 0 Å². The average Bonchev–Trinajstić information content (AvgIpc) is 3.36. The van der Waals surface area contributed by atoms with Crippen molar-refractivity contribution in [1.29, 1.82) is 0 Å². The summed E-state index contributed by atoms with van der Waals surface area (Å²) < 4.78 is 7.02. The van der Waals surface area contributed by atoms with Gasteiger partial charge in [0, 0.05) is 11.4 Å². The molecule has 0 aliphatic rings. The van der Waals surface area contributed by atoms with E-state index >= 15 is 0 Å². The lowest BCUT2D eigenvalue weighted by atomic mass is 10.1. The van der Waals surface area contributed by atoms with E-state index in [9.17, 15) is 4.79 Å². The van der Waals surface area contributed by atoms with Crippen LogP contribution in [-0.2, 0) is 0 Å². The van der Waals surface area contributed by atoms with E-state index in [1.807, 2.05) is 50.2 Å². The molecule has 7 nitrogen and oxygen atoms in total. The molecule has 5 aromatic rings. The first-order valence-corrected chi connectivity index (χ1v) is 10.7. The molecule has 144 valence electrons. The highest BCUT2D eigenvalue weighted by molar-refractivity contribution is 7.16. The molecule has 1 aromatic carbocycles. The highest BCUT2D eigenvalue weighted by Gasteiger charge is 2.20. The Morgan fingerprint density at radius 3 is 2.79 bits per heavy atom. The highest BCUT2D eigenvalue weighted by atomic mass is 32.1. The maximum Gasteiger partial charge on any atom is 0.266 e. The maximum absolute atomic E-state index is 13.4. The molecule has 0 amide bonds. The Bertz CT molecular complexity index is 1390. The standard InChI is InChI=1S/C20H16N6OS2/c1-11(24-18-17-19(22-9-21-18)28-10-23-17)14-8-15-16(12(2)25-29-15)20(27)26(14)13-6-4-3-5-7-13/h3-11H,1-2H3,(H,21,22,24). The van der Waals surface area contributed by atoms with Crippen molar-refractivity contribution >= 4 is 49.1 Å². The molecule has 9 heteroatoms. The molecular weight excluding hydrogens is 404 g/mol. The van der Waals surface area contributed by atoms with Crippen LogP contribution in [0.25, 0.3) is 26.1 Å². The summed E-state index contributed by atoms with van der Waals surface area (Å²) in [5.74, 6) is 0.649. The molecule has 1 N–H and O–H groups in total. The van der Waals surface area contributed by atoms with Gasteiger partial charge in [-0.15, -0.1) is 11.3 Å². The molecule has 29 heavy (non-hydrogen) atoms. The summed E-state index contributed by atoms with van der Waals surface area (Å²) in [5, 5.41) is 4.08. The average molecular weight is 421 g/mol. The SMILES string of the molecule is Cc1nsc2cc(C(C)Nc3ncnc4scnc34)n(-c3ccccc3)c(=O)c12. The third-order valence-corrected chi connectivity index (χ3v) is 6.41. The molecule has 0 saturated heterocycles. The molecule has 0 radical (unpaired) electrons. The summed E-state index contributed by atoms with van der Waals surface area (Å²) in [5.41, 5.74) is 4.82. The van der Waals surface area contributed by atoms with E-state index in [0.717, 1.165) is 32.1 Å². The van der Waals surface area contributed by atoms with E-state index in [-0.39, 0.29) is 11.6 Å². The lowest BCUT2D eigenvalue weighted by Crippen LogP contribution is -2.25. The third kappa shape index (κ3) is 2.99. The van der Waals surface area contributed by atoms with E-state index in [0.29, 0.717) is 11.2 Å². The number of fused-ring (bicyclic) bond motifs is 2. The summed E-state index contributed by atoms with van der Waals surface area (Å²) in [6, 6.07) is 11.5. The smallest absolute Gasteiger partial charge is 0.266 e. The molecule has 4 heterocycles. The second kappa shape index (κ2) is 7.02. The van der Waals surface area contributed by atoms with Crippen molar-refractivity contribution in [3.63, 3.8) is 0 Å². The minimum atomic E-state index is -0.200. The van der Waals surface area contributed by atoms with Crippen LogP contribution in [-0.4, -0.2) is 23.9 Å². The number of anilines is 1. The molecule has 0 spiro atoms. The van der Waals surface area contributed by atoms with Crippen LogP contribution in [0.2, 0.25) is 0 Å². The molecule has 0 saturated carbocycles. The number of rotatable bonds is 4. The zero-order valence-electron chi connectivity index (χ0n) is 15.7. The molecule has 1 atom stereocenters. The van der Waals surface area contributed by atoms with E-state index in [1.165, 1.54) is 29.2 Å². The zero-order chi connectivity index (χ0) is 20.0. The fraction of sp³-hybridized carbons (Fsp3) is 0.150. The van der Waals surface area contributed by atoms with Gasteiger partial charge in [0.2, 0.25) is 0 Å². The van der Waals surface area contributed by atoms with Crippen molar-refractivity contribution in [3.05, 3.63) is 70.0 Å². The van der Waals surface area contributed by atoms with Gasteiger partial charge in [-0.25, -0.2) is 15.0 Å². The van der Waals surface area contributed by atoms with E-state index in [2.05, 4.69) is 24.6 Å². The number of nitrogens with one attached hydrogen (secondary N) is 1. The minimum Gasteiger partial charge on any atom is -0.360 e. The van der Waals surface area contributed by atoms with Gasteiger partial charge in [-0.2, -0.15) is 4.37 Å². The summed E-state index contributed by atoms with van der Waals surface area (Å²) in [6.45, 7) is 3.88. The topological polar surface area (TPSA) is 85.6 Å². The van der Waals surface area contributed by atoms with Crippen LogP contribution in [0.1, 0.15) is 24.4 Å². The Morgan fingerprint density at radius 1 is 1.14 bits per heavy atom. The van der Waals surface area contributed by atoms with Gasteiger partial charge in [0.05, 0.1) is 27.3 Å². The molecule has 0 aliphatic heterocycles. The normalized spacial score (nSPS) is 12.5. The monoisotopic (exact) mass is 420 g/mol. The van der Waals surface area contributed by atoms with Crippen molar-refractivity contribution in [2.24, 2.45) is 0 Å². The summed E-state index contributed by atoms with van der Waals surface area (Å²) in [6.07, 6.45) is 1.52. The quantitative estimate of drug-likeness (QED) is 0.466. The van der Waals surface area contributed by atoms with E-state index in [1.54, 1.807) is 10.1 Å². The van der Waals surface area contributed by atoms with Crippen molar-refractivity contribution in [3.8, 4) is 5.69 Å². The van der Waals surface area contributed by atoms with Gasteiger partial charge >= 0.3 is 0 Å². The number of aryl methyl sites for hydroxylation is 1. The van der Waals surface area contributed by atoms with Crippen LogP contribution in [0.3, 0.4) is 0 Å². The van der Waals surface area contributed by atoms with E-state index < -0.39 is 0 Å². The largest absolute Gasteiger partial charge is 0.360 e. The number of hydrogen-bond donors (Lipinski definition) is 1. The Hall–Kier alpha value is -3.17. The van der Waals surface area contributed by atoms with Crippen LogP contribution >= 0.6 is 22.9 Å². The number of thiazole rings is 1. The van der Waals surface area contributed by atoms with Gasteiger partial charge in [0.25, 0.3) is 5.56 Å². The number of hydrogen-bond acceptors (Lipinski definition) is 8. The van der Waals surface area contributed by atoms with Crippen LogP contribution in [0, 0.1) is 6.92 Å². The fourth-order valence-corrected chi connectivity index (χ4v) is 4.87. The van der Waals surface area contributed by atoms with Gasteiger partial charge < -0.3 is 5.32 Å². The molecule has 0 fully saturated rings. The number of pyridine rings is 1. The van der Waals surface area contributed by atoms with E-state index in [4.69, 9.17) is 0 Å². The lowest BCUT2D eigenvalue weighted by Gasteiger charge is -2.20. The number of nitrogens with zero attached hydrogens (tertiary/aromatic N) is 5. The zero-order valence-corrected chi connectivity index (χ0v) is 17.3. The van der Waals surface area contributed by atoms with Gasteiger partial charge in [-0.1, -0.05) is 18.2 Å². The molecule has 5 rings (SSSR count). The Balaban J connectivity index is 1.69. The summed E-state index contributed by atoms with van der Waals surface area (Å²) in [4.78, 5) is 27.2. The number of para-hydroxylation sites is 1. The van der Waals surface area contributed by atoms with Crippen molar-refractivity contribution in [2.75, 3.05) is 5.32 Å². The second-order valence-corrected chi connectivity index (χ2v) is 8.29. The molecule has 4 aromatic heterocycles. The Kier molecular flexibility index (Phi) is 4.33. The third-order valence-electron chi connectivity index (χ3n) is 4.79. The first-order chi connectivity index (χ1) is 14.1. The Morgan fingerprint density at radius 2 is 1.97 bits per heavy atom. The second-order valence-electron chi connectivity index (χ2n) is 6.65. The Labute approximate surface area is 173 Å². The predicted molar refractivity (Wildman–Crippen MR) is 117 cm³/mol. The summed E-state index contributed by atoms with van der Waals surface area (Å²) in [7, 11) is 0. The van der Waals surface area contributed by atoms with Gasteiger partial charge in [0.1, 0.15) is 16.7 Å². The van der Waals surface area contributed by atoms with Gasteiger partial charge in [-0.05, 0) is 43.6 Å². The minimum absolute atomic E-state index is 0.0647. The van der Waals surface area contributed by atoms with Gasteiger partial charge in [0.15, 0.2) is 5.82 Å². The van der Waals surface area contributed by atoms with Crippen molar-refractivity contribution in [2.45, 2.75) is 19.9 Å². The van der Waals surface area contributed by atoms with Gasteiger partial charge in [-0.3, -0.25) is 9.36 Å². The first kappa shape index (κ1) is 17.9. The van der Waals surface area contributed by atoms with Crippen LogP contribution in [0.4, 0.5) is 5.82 Å².